The van der Waals surface area contributed by atoms with Gasteiger partial charge >= 0.3 is 6.09 Å². The number of unbranched alkanes of at least 4 members (excludes halogenated alkanes) is 1. The van der Waals surface area contributed by atoms with Crippen LogP contribution in [0, 0.1) is 5.41 Å². The van der Waals surface area contributed by atoms with Gasteiger partial charge in [-0.2, -0.15) is 0 Å². The second kappa shape index (κ2) is 10.2. The molecule has 1 amide bonds. The van der Waals surface area contributed by atoms with Gasteiger partial charge < -0.3 is 15.8 Å². The zero-order valence-corrected chi connectivity index (χ0v) is 15.7. The van der Waals surface area contributed by atoms with Crippen LogP contribution in [0.15, 0.2) is 30.3 Å². The van der Waals surface area contributed by atoms with Crippen LogP contribution in [-0.2, 0) is 16.0 Å². The first kappa shape index (κ1) is 21.1. The van der Waals surface area contributed by atoms with Gasteiger partial charge in [-0.1, -0.05) is 51.1 Å². The number of amides is 1. The van der Waals surface area contributed by atoms with Crippen LogP contribution in [0.5, 0.6) is 0 Å². The molecule has 25 heavy (non-hydrogen) atoms. The highest BCUT2D eigenvalue weighted by Gasteiger charge is 2.35. The van der Waals surface area contributed by atoms with Crippen molar-refractivity contribution in [2.75, 3.05) is 13.7 Å². The van der Waals surface area contributed by atoms with E-state index in [0.717, 1.165) is 19.3 Å². The third-order valence-corrected chi connectivity index (χ3v) is 4.00. The summed E-state index contributed by atoms with van der Waals surface area (Å²) < 4.78 is 4.60. The summed E-state index contributed by atoms with van der Waals surface area (Å²) in [5.41, 5.74) is 6.82. The van der Waals surface area contributed by atoms with Crippen LogP contribution in [0.2, 0.25) is 0 Å². The summed E-state index contributed by atoms with van der Waals surface area (Å²) in [7, 11) is 1.27. The molecule has 0 aliphatic carbocycles. The second-order valence-electron chi connectivity index (χ2n) is 7.21. The van der Waals surface area contributed by atoms with E-state index >= 15 is 0 Å². The van der Waals surface area contributed by atoms with E-state index in [9.17, 15) is 9.59 Å². The molecular formula is C19H31N3O3. The summed E-state index contributed by atoms with van der Waals surface area (Å²) in [5, 5.41) is 5.63. The maximum absolute atomic E-state index is 12.6. The predicted octanol–water partition coefficient (Wildman–Crippen LogP) is 2.22. The molecule has 0 aliphatic heterocycles. The molecule has 6 nitrogen and oxygen atoms in total. The van der Waals surface area contributed by atoms with Gasteiger partial charge in [0.15, 0.2) is 5.78 Å². The number of nitrogens with two attached hydrogens (primary N) is 1. The number of carbonyl (C=O) groups is 2. The number of methoxy groups -OCH3 is 1. The Morgan fingerprint density at radius 3 is 2.36 bits per heavy atom. The van der Waals surface area contributed by atoms with Crippen molar-refractivity contribution in [1.82, 2.24) is 10.6 Å². The number of nitrogens with one attached hydrogen (secondary N) is 2. The number of benzene rings is 1. The highest BCUT2D eigenvalue weighted by molar-refractivity contribution is 5.91. The Bertz CT molecular complexity index is 541. The highest BCUT2D eigenvalue weighted by atomic mass is 16.5. The van der Waals surface area contributed by atoms with Crippen molar-refractivity contribution in [3.05, 3.63) is 35.9 Å². The van der Waals surface area contributed by atoms with Gasteiger partial charge in [0.2, 0.25) is 0 Å². The lowest BCUT2D eigenvalue weighted by atomic mass is 9.83. The molecule has 0 saturated carbocycles. The van der Waals surface area contributed by atoms with Crippen molar-refractivity contribution in [3.63, 3.8) is 0 Å². The molecule has 0 heterocycles. The standard InChI is InChI=1S/C19H31N3O3/c1-19(2,3)16(22-18(24)25-4)15(23)17(20)21-13-9-8-12-14-10-6-5-7-11-14/h5-7,10-11,16-17,21H,8-9,12-13,20H2,1-4H3,(H,22,24)/t16-,17?/m1/s1. The largest absolute Gasteiger partial charge is 0.453 e. The zero-order valence-electron chi connectivity index (χ0n) is 15.7. The fraction of sp³-hybridized carbons (Fsp3) is 0.579. The van der Waals surface area contributed by atoms with Gasteiger partial charge in [-0.25, -0.2) is 4.79 Å². The molecule has 0 fully saturated rings. The molecule has 0 spiro atoms. The Labute approximate surface area is 150 Å². The summed E-state index contributed by atoms with van der Waals surface area (Å²) in [6.07, 6.45) is 1.48. The summed E-state index contributed by atoms with van der Waals surface area (Å²) >= 11 is 0. The van der Waals surface area contributed by atoms with Crippen LogP contribution in [0.3, 0.4) is 0 Å². The van der Waals surface area contributed by atoms with Gasteiger partial charge in [-0.3, -0.25) is 10.1 Å². The Hall–Kier alpha value is -1.92. The van der Waals surface area contributed by atoms with Gasteiger partial charge in [-0.05, 0) is 36.8 Å². The summed E-state index contributed by atoms with van der Waals surface area (Å²) in [4.78, 5) is 24.1. The SMILES string of the molecule is COC(=O)N[C@H](C(=O)C(N)NCCCCc1ccccc1)C(C)(C)C. The van der Waals surface area contributed by atoms with Crippen LogP contribution in [0.1, 0.15) is 39.2 Å². The lowest BCUT2D eigenvalue weighted by Gasteiger charge is -2.31. The molecule has 1 unspecified atom stereocenters. The molecule has 4 N–H and O–H groups in total. The van der Waals surface area contributed by atoms with E-state index < -0.39 is 23.7 Å². The molecule has 1 aromatic carbocycles. The van der Waals surface area contributed by atoms with E-state index in [1.165, 1.54) is 12.7 Å². The minimum Gasteiger partial charge on any atom is -0.453 e. The number of rotatable bonds is 9. The van der Waals surface area contributed by atoms with Gasteiger partial charge in [0.05, 0.1) is 13.2 Å². The second-order valence-corrected chi connectivity index (χ2v) is 7.21. The first-order valence-electron chi connectivity index (χ1n) is 8.67. The predicted molar refractivity (Wildman–Crippen MR) is 99.1 cm³/mol. The molecule has 0 bridgehead atoms. The number of alkyl carbamates (subject to hydrolysis) is 1. The molecule has 2 atom stereocenters. The Morgan fingerprint density at radius 2 is 1.80 bits per heavy atom. The molecule has 1 rings (SSSR count). The summed E-state index contributed by atoms with van der Waals surface area (Å²) in [5.74, 6) is -0.249. The number of ether oxygens (including phenoxy) is 1. The van der Waals surface area contributed by atoms with Crippen molar-refractivity contribution in [3.8, 4) is 0 Å². The minimum absolute atomic E-state index is 0.249. The van der Waals surface area contributed by atoms with Gasteiger partial charge in [0, 0.05) is 0 Å². The van der Waals surface area contributed by atoms with Crippen molar-refractivity contribution < 1.29 is 14.3 Å². The maximum Gasteiger partial charge on any atom is 0.407 e. The fourth-order valence-electron chi connectivity index (χ4n) is 2.53. The van der Waals surface area contributed by atoms with Gasteiger partial charge in [-0.15, -0.1) is 0 Å². The quantitative estimate of drug-likeness (QED) is 0.469. The van der Waals surface area contributed by atoms with E-state index in [1.54, 1.807) is 0 Å². The number of hydrogen-bond donors (Lipinski definition) is 3. The van der Waals surface area contributed by atoms with E-state index in [-0.39, 0.29) is 5.78 Å². The topological polar surface area (TPSA) is 93.5 Å². The summed E-state index contributed by atoms with van der Waals surface area (Å²) in [6.45, 7) is 6.27. The average Bonchev–Trinajstić information content (AvgIpc) is 2.58. The number of aryl methyl sites for hydroxylation is 1. The lowest BCUT2D eigenvalue weighted by Crippen LogP contribution is -2.58. The van der Waals surface area contributed by atoms with E-state index in [4.69, 9.17) is 5.73 Å². The molecule has 0 aromatic heterocycles. The smallest absolute Gasteiger partial charge is 0.407 e. The Kier molecular flexibility index (Phi) is 8.58. The number of ketones is 1. The molecule has 1 aromatic rings. The van der Waals surface area contributed by atoms with Crippen molar-refractivity contribution in [2.24, 2.45) is 11.1 Å². The molecule has 0 aliphatic rings. The highest BCUT2D eigenvalue weighted by Crippen LogP contribution is 2.20. The van der Waals surface area contributed by atoms with E-state index in [0.29, 0.717) is 6.54 Å². The molecule has 6 heteroatoms. The van der Waals surface area contributed by atoms with Crippen LogP contribution in [-0.4, -0.2) is 37.7 Å². The zero-order chi connectivity index (χ0) is 18.9. The maximum atomic E-state index is 12.6. The Balaban J connectivity index is 2.41. The minimum atomic E-state index is -0.821. The third-order valence-electron chi connectivity index (χ3n) is 4.00. The number of carbonyl (C=O) groups excluding carboxylic acids is 2. The van der Waals surface area contributed by atoms with Crippen LogP contribution in [0.4, 0.5) is 4.79 Å². The normalized spacial score (nSPS) is 13.8. The number of hydrogen-bond acceptors (Lipinski definition) is 5. The van der Waals surface area contributed by atoms with Gasteiger partial charge in [0.25, 0.3) is 0 Å². The van der Waals surface area contributed by atoms with E-state index in [1.807, 2.05) is 39.0 Å². The van der Waals surface area contributed by atoms with Crippen LogP contribution < -0.4 is 16.4 Å². The average molecular weight is 349 g/mol. The molecule has 140 valence electrons. The first-order valence-corrected chi connectivity index (χ1v) is 8.67. The number of Topliss-reactive ketones (excluding diaryl/α,β-unsaturated/α-hetero) is 1. The lowest BCUT2D eigenvalue weighted by molar-refractivity contribution is -0.125. The molecule has 0 saturated heterocycles. The van der Waals surface area contributed by atoms with Crippen molar-refractivity contribution >= 4 is 11.9 Å². The monoisotopic (exact) mass is 349 g/mol. The Morgan fingerprint density at radius 1 is 1.16 bits per heavy atom. The first-order chi connectivity index (χ1) is 11.8. The molecule has 0 radical (unpaired) electrons. The van der Waals surface area contributed by atoms with Crippen molar-refractivity contribution in [2.45, 2.75) is 52.2 Å². The van der Waals surface area contributed by atoms with Gasteiger partial charge in [0.1, 0.15) is 6.17 Å². The van der Waals surface area contributed by atoms with Crippen LogP contribution in [0.25, 0.3) is 0 Å². The van der Waals surface area contributed by atoms with Crippen molar-refractivity contribution in [1.29, 1.82) is 0 Å². The van der Waals surface area contributed by atoms with Crippen LogP contribution >= 0.6 is 0 Å². The summed E-state index contributed by atoms with van der Waals surface area (Å²) in [6, 6.07) is 9.56. The third kappa shape index (κ3) is 7.67. The van der Waals surface area contributed by atoms with E-state index in [2.05, 4.69) is 27.5 Å². The fourth-order valence-corrected chi connectivity index (χ4v) is 2.53. The molecular weight excluding hydrogens is 318 g/mol.